The van der Waals surface area contributed by atoms with E-state index in [0.717, 1.165) is 24.5 Å². The Bertz CT molecular complexity index is 838. The van der Waals surface area contributed by atoms with Crippen LogP contribution in [0.2, 0.25) is 0 Å². The molecule has 142 valence electrons. The van der Waals surface area contributed by atoms with Crippen LogP contribution in [0.4, 0.5) is 11.5 Å². The lowest BCUT2D eigenvalue weighted by Gasteiger charge is -2.28. The molecular formula is C18H20N4O5. The number of aryl methyl sites for hydroxylation is 1. The van der Waals surface area contributed by atoms with Gasteiger partial charge in [0.1, 0.15) is 30.4 Å². The predicted molar refractivity (Wildman–Crippen MR) is 96.3 cm³/mol. The van der Waals surface area contributed by atoms with E-state index in [9.17, 15) is 14.9 Å². The van der Waals surface area contributed by atoms with Crippen molar-refractivity contribution in [3.05, 3.63) is 40.6 Å². The van der Waals surface area contributed by atoms with E-state index in [-0.39, 0.29) is 17.9 Å². The minimum atomic E-state index is -0.528. The molecule has 27 heavy (non-hydrogen) atoms. The number of ether oxygens (including phenoxy) is 2. The lowest BCUT2D eigenvalue weighted by atomic mass is 10.1. The molecule has 4 rings (SSSR count). The Balaban J connectivity index is 1.31. The number of carbonyl (C=O) groups excluding carboxylic acids is 1. The Morgan fingerprint density at radius 1 is 1.22 bits per heavy atom. The summed E-state index contributed by atoms with van der Waals surface area (Å²) < 4.78 is 13.1. The molecule has 2 aliphatic rings. The van der Waals surface area contributed by atoms with Crippen LogP contribution in [0.15, 0.2) is 30.5 Å². The number of carbonyl (C=O) groups is 1. The summed E-state index contributed by atoms with van der Waals surface area (Å²) in [6.07, 6.45) is 3.09. The highest BCUT2D eigenvalue weighted by Crippen LogP contribution is 2.25. The smallest absolute Gasteiger partial charge is 0.414 e. The predicted octanol–water partition coefficient (Wildman–Crippen LogP) is 2.19. The second-order valence-corrected chi connectivity index (χ2v) is 6.69. The van der Waals surface area contributed by atoms with E-state index in [0.29, 0.717) is 38.2 Å². The van der Waals surface area contributed by atoms with E-state index >= 15 is 0 Å². The van der Waals surface area contributed by atoms with Crippen molar-refractivity contribution < 1.29 is 19.2 Å². The van der Waals surface area contributed by atoms with Crippen molar-refractivity contribution in [2.45, 2.75) is 31.9 Å². The maximum absolute atomic E-state index is 11.3. The fourth-order valence-corrected chi connectivity index (χ4v) is 3.29. The first-order valence-electron chi connectivity index (χ1n) is 8.96. The summed E-state index contributed by atoms with van der Waals surface area (Å²) >= 11 is 0. The Morgan fingerprint density at radius 2 is 1.96 bits per heavy atom. The number of benzene rings is 1. The summed E-state index contributed by atoms with van der Waals surface area (Å²) in [6.45, 7) is 2.47. The van der Waals surface area contributed by atoms with Gasteiger partial charge in [-0.05, 0) is 29.2 Å². The van der Waals surface area contributed by atoms with Gasteiger partial charge >= 0.3 is 11.8 Å². The number of piperidine rings is 1. The number of imidazole rings is 1. The molecule has 0 saturated carbocycles. The second-order valence-electron chi connectivity index (χ2n) is 6.69. The lowest BCUT2D eigenvalue weighted by Crippen LogP contribution is -2.33. The highest BCUT2D eigenvalue weighted by Gasteiger charge is 2.28. The first-order valence-corrected chi connectivity index (χ1v) is 8.96. The van der Waals surface area contributed by atoms with Gasteiger partial charge in [-0.2, -0.15) is 0 Å². The van der Waals surface area contributed by atoms with Crippen molar-refractivity contribution >= 4 is 17.3 Å². The molecule has 1 fully saturated rings. The van der Waals surface area contributed by atoms with Gasteiger partial charge in [0.15, 0.2) is 0 Å². The molecular weight excluding hydrogens is 352 g/mol. The van der Waals surface area contributed by atoms with E-state index in [1.165, 1.54) is 6.20 Å². The van der Waals surface area contributed by atoms with E-state index in [1.54, 1.807) is 4.57 Å². The molecule has 2 aliphatic heterocycles. The molecule has 0 unspecified atom stereocenters. The van der Waals surface area contributed by atoms with Gasteiger partial charge < -0.3 is 24.5 Å². The SMILES string of the molecule is O=C1CCN(c2ccc(OC[C@@H]3CCn4cc([N+](=O)[O-])nc4O3)cc2)CC1. The van der Waals surface area contributed by atoms with Gasteiger partial charge in [0.05, 0.1) is 0 Å². The van der Waals surface area contributed by atoms with E-state index in [4.69, 9.17) is 9.47 Å². The normalized spacial score (nSPS) is 19.3. The highest BCUT2D eigenvalue weighted by molar-refractivity contribution is 5.81. The van der Waals surface area contributed by atoms with Gasteiger partial charge in [0, 0.05) is 49.6 Å². The third-order valence-corrected chi connectivity index (χ3v) is 4.84. The monoisotopic (exact) mass is 372 g/mol. The standard InChI is InChI=1S/C18H20N4O5/c23-14-5-8-20(9-6-14)13-1-3-15(4-2-13)26-12-16-7-10-21-11-17(22(24)25)19-18(21)27-16/h1-4,11,16H,5-10,12H2/t16-/m0/s1. The maximum Gasteiger partial charge on any atom is 0.414 e. The quantitative estimate of drug-likeness (QED) is 0.586. The Labute approximate surface area is 155 Å². The van der Waals surface area contributed by atoms with Gasteiger partial charge in [-0.25, -0.2) is 0 Å². The lowest BCUT2D eigenvalue weighted by molar-refractivity contribution is -0.389. The molecule has 9 heteroatoms. The van der Waals surface area contributed by atoms with Gasteiger partial charge in [-0.1, -0.05) is 0 Å². The molecule has 0 amide bonds. The molecule has 9 nitrogen and oxygen atoms in total. The topological polar surface area (TPSA) is 99.7 Å². The van der Waals surface area contributed by atoms with Crippen molar-refractivity contribution in [1.29, 1.82) is 0 Å². The van der Waals surface area contributed by atoms with Crippen molar-refractivity contribution in [3.8, 4) is 11.8 Å². The summed E-state index contributed by atoms with van der Waals surface area (Å²) in [6, 6.07) is 8.05. The number of hydrogen-bond donors (Lipinski definition) is 0. The van der Waals surface area contributed by atoms with Crippen LogP contribution in [0.25, 0.3) is 0 Å². The first-order chi connectivity index (χ1) is 13.1. The zero-order chi connectivity index (χ0) is 18.8. The van der Waals surface area contributed by atoms with Crippen molar-refractivity contribution in [1.82, 2.24) is 9.55 Å². The number of rotatable bonds is 5. The van der Waals surface area contributed by atoms with Crippen molar-refractivity contribution in [3.63, 3.8) is 0 Å². The molecule has 3 heterocycles. The van der Waals surface area contributed by atoms with Gasteiger partial charge in [0.2, 0.25) is 0 Å². The number of hydrogen-bond acceptors (Lipinski definition) is 7. The van der Waals surface area contributed by atoms with Crippen LogP contribution < -0.4 is 14.4 Å². The van der Waals surface area contributed by atoms with Crippen molar-refractivity contribution in [2.75, 3.05) is 24.6 Å². The van der Waals surface area contributed by atoms with Crippen LogP contribution in [-0.2, 0) is 11.3 Å². The number of ketones is 1. The number of fused-ring (bicyclic) bond motifs is 1. The number of anilines is 1. The molecule has 2 aromatic rings. The summed E-state index contributed by atoms with van der Waals surface area (Å²) in [4.78, 5) is 27.7. The average Bonchev–Trinajstić information content (AvgIpc) is 3.11. The number of nitrogens with zero attached hydrogens (tertiary/aromatic N) is 4. The summed E-state index contributed by atoms with van der Waals surface area (Å²) in [5.74, 6) is 0.849. The molecule has 1 aromatic carbocycles. The minimum absolute atomic E-state index is 0.202. The second kappa shape index (κ2) is 7.26. The van der Waals surface area contributed by atoms with Crippen LogP contribution in [0, 0.1) is 10.1 Å². The molecule has 0 spiro atoms. The highest BCUT2D eigenvalue weighted by atomic mass is 16.6. The molecule has 1 saturated heterocycles. The molecule has 1 atom stereocenters. The van der Waals surface area contributed by atoms with Crippen LogP contribution in [0.3, 0.4) is 0 Å². The summed E-state index contributed by atoms with van der Waals surface area (Å²) in [5.41, 5.74) is 1.08. The molecule has 1 aromatic heterocycles. The fraction of sp³-hybridized carbons (Fsp3) is 0.444. The van der Waals surface area contributed by atoms with Crippen LogP contribution >= 0.6 is 0 Å². The molecule has 0 N–H and O–H groups in total. The average molecular weight is 372 g/mol. The minimum Gasteiger partial charge on any atom is -0.490 e. The Kier molecular flexibility index (Phi) is 4.66. The summed E-state index contributed by atoms with van der Waals surface area (Å²) in [5, 5.41) is 10.8. The maximum atomic E-state index is 11.3. The Morgan fingerprint density at radius 3 is 2.67 bits per heavy atom. The van der Waals surface area contributed by atoms with E-state index < -0.39 is 4.92 Å². The van der Waals surface area contributed by atoms with Crippen LogP contribution in [0.5, 0.6) is 11.8 Å². The van der Waals surface area contributed by atoms with Gasteiger partial charge in [-0.15, -0.1) is 0 Å². The molecule has 0 radical (unpaired) electrons. The van der Waals surface area contributed by atoms with Crippen LogP contribution in [0.1, 0.15) is 19.3 Å². The number of Topliss-reactive ketones (excluding diaryl/α,β-unsaturated/α-hetero) is 1. The van der Waals surface area contributed by atoms with E-state index in [1.807, 2.05) is 24.3 Å². The third kappa shape index (κ3) is 3.86. The third-order valence-electron chi connectivity index (χ3n) is 4.84. The molecule has 0 aliphatic carbocycles. The van der Waals surface area contributed by atoms with E-state index in [2.05, 4.69) is 9.88 Å². The first kappa shape index (κ1) is 17.3. The van der Waals surface area contributed by atoms with Crippen molar-refractivity contribution in [2.24, 2.45) is 0 Å². The number of nitro groups is 1. The fourth-order valence-electron chi connectivity index (χ4n) is 3.29. The number of aromatic nitrogens is 2. The zero-order valence-corrected chi connectivity index (χ0v) is 14.7. The van der Waals surface area contributed by atoms with Gasteiger partial charge in [-0.3, -0.25) is 9.36 Å². The summed E-state index contributed by atoms with van der Waals surface area (Å²) in [7, 11) is 0. The largest absolute Gasteiger partial charge is 0.490 e. The molecule has 0 bridgehead atoms. The van der Waals surface area contributed by atoms with Crippen LogP contribution in [-0.4, -0.2) is 46.1 Å². The Hall–Kier alpha value is -3.10. The zero-order valence-electron chi connectivity index (χ0n) is 14.7. The van der Waals surface area contributed by atoms with Gasteiger partial charge in [0.25, 0.3) is 0 Å².